The van der Waals surface area contributed by atoms with Gasteiger partial charge in [-0.05, 0) is 0 Å². The average molecular weight is 665 g/mol. The maximum absolute atomic E-state index is 11.0. The van der Waals surface area contributed by atoms with Gasteiger partial charge in [-0.3, -0.25) is 0 Å². The molecule has 266 valence electrons. The van der Waals surface area contributed by atoms with E-state index in [0.717, 1.165) is 0 Å². The lowest BCUT2D eigenvalue weighted by molar-refractivity contribution is -0.354. The molecule has 0 spiro atoms. The molecule has 21 nitrogen and oxygen atoms in total. The van der Waals surface area contributed by atoms with E-state index >= 15 is 0 Å². The van der Waals surface area contributed by atoms with Crippen molar-refractivity contribution < 1.29 is 84.6 Å². The summed E-state index contributed by atoms with van der Waals surface area (Å²) in [4.78, 5) is 0. The topological polar surface area (TPSA) is 382 Å². The molecule has 0 bridgehead atoms. The zero-order chi connectivity index (χ0) is 33.7. The summed E-state index contributed by atoms with van der Waals surface area (Å²) in [7, 11) is 0. The van der Waals surface area contributed by atoms with Gasteiger partial charge in [0.1, 0.15) is 73.2 Å². The minimum atomic E-state index is -1.72. The van der Waals surface area contributed by atoms with Gasteiger partial charge in [0.15, 0.2) is 18.9 Å². The van der Waals surface area contributed by atoms with Crippen LogP contribution in [0.3, 0.4) is 0 Å². The van der Waals surface area contributed by atoms with Gasteiger partial charge in [0, 0.05) is 0 Å². The number of aliphatic hydroxyl groups excluding tert-OH is 11. The molecule has 3 fully saturated rings. The molecule has 0 aromatic heterocycles. The summed E-state index contributed by atoms with van der Waals surface area (Å²) in [5, 5.41) is 111. The molecule has 45 heavy (non-hydrogen) atoms. The highest BCUT2D eigenvalue weighted by molar-refractivity contribution is 4.99. The molecular weight excluding hydrogens is 616 g/mol. The fourth-order valence-electron chi connectivity index (χ4n) is 5.30. The van der Waals surface area contributed by atoms with Gasteiger partial charge in [0.05, 0.1) is 57.2 Å². The fraction of sp³-hybridized carbons (Fsp3) is 1.00. The van der Waals surface area contributed by atoms with Crippen molar-refractivity contribution in [3.63, 3.8) is 0 Å². The largest absolute Gasteiger partial charge is 0.395 e. The molecule has 3 saturated heterocycles. The van der Waals surface area contributed by atoms with Crippen LogP contribution >= 0.6 is 0 Å². The Morgan fingerprint density at radius 1 is 0.578 bits per heavy atom. The predicted molar refractivity (Wildman–Crippen MR) is 144 cm³/mol. The van der Waals surface area contributed by atoms with E-state index in [1.165, 1.54) is 0 Å². The van der Waals surface area contributed by atoms with Crippen LogP contribution in [0.5, 0.6) is 0 Å². The first-order valence-corrected chi connectivity index (χ1v) is 14.3. The van der Waals surface area contributed by atoms with E-state index in [4.69, 9.17) is 51.4 Å². The van der Waals surface area contributed by atoms with Crippen molar-refractivity contribution in [2.45, 2.75) is 116 Å². The molecule has 0 aromatic rings. The highest BCUT2D eigenvalue weighted by Gasteiger charge is 2.53. The van der Waals surface area contributed by atoms with Crippen LogP contribution < -0.4 is 22.9 Å². The third-order valence-corrected chi connectivity index (χ3v) is 8.16. The zero-order valence-corrected chi connectivity index (χ0v) is 24.2. The van der Waals surface area contributed by atoms with E-state index < -0.39 is 149 Å². The van der Waals surface area contributed by atoms with E-state index in [0.29, 0.717) is 0 Å². The summed E-state index contributed by atoms with van der Waals surface area (Å²) < 4.78 is 33.8. The average Bonchev–Trinajstić information content (AvgIpc) is 3.04. The standard InChI is InChI=1S/C24H48N4O17/c25-6(1-29)14(35)19(7(34)2-30)43-23-12(27)17(38)21(9(4-32)41-23)45-24-13(28)18(39)20(10(5-33)42-24)44-22-11(26)16(37)15(36)8(3-31)40-22/h6-24,29-39H,1-5,25-28H2/t6-,7+,8+,9+,10+,11+,12+,13+,14+,15+,16+,17+,18+,19+,20+,21+,22-,23-,24-/m0/s1. The second-order valence-corrected chi connectivity index (χ2v) is 11.3. The Hall–Kier alpha value is -0.840. The Kier molecular flexibility index (Phi) is 14.6. The fourth-order valence-corrected chi connectivity index (χ4v) is 5.30. The Labute approximate surface area is 257 Å². The van der Waals surface area contributed by atoms with Crippen molar-refractivity contribution in [2.75, 3.05) is 33.0 Å². The van der Waals surface area contributed by atoms with Gasteiger partial charge >= 0.3 is 0 Å². The molecular formula is C24H48N4O17. The Morgan fingerprint density at radius 2 is 1.00 bits per heavy atom. The minimum absolute atomic E-state index is 0.696. The molecule has 19 atom stereocenters. The summed E-state index contributed by atoms with van der Waals surface area (Å²) >= 11 is 0. The molecule has 3 heterocycles. The van der Waals surface area contributed by atoms with Crippen molar-refractivity contribution in [3.05, 3.63) is 0 Å². The Morgan fingerprint density at radius 3 is 1.44 bits per heavy atom. The molecule has 3 rings (SSSR count). The first-order chi connectivity index (χ1) is 21.2. The van der Waals surface area contributed by atoms with Crippen molar-refractivity contribution in [2.24, 2.45) is 22.9 Å². The quantitative estimate of drug-likeness (QED) is 0.0819. The highest BCUT2D eigenvalue weighted by atomic mass is 16.7. The molecule has 0 amide bonds. The number of hydrogen-bond donors (Lipinski definition) is 15. The van der Waals surface area contributed by atoms with Gasteiger partial charge in [-0.15, -0.1) is 0 Å². The summed E-state index contributed by atoms with van der Waals surface area (Å²) in [6.45, 7) is -3.88. The lowest BCUT2D eigenvalue weighted by atomic mass is 9.94. The van der Waals surface area contributed by atoms with Gasteiger partial charge in [0.2, 0.25) is 0 Å². The monoisotopic (exact) mass is 664 g/mol. The van der Waals surface area contributed by atoms with Crippen LogP contribution in [0.4, 0.5) is 0 Å². The third kappa shape index (κ3) is 8.43. The Balaban J connectivity index is 1.72. The van der Waals surface area contributed by atoms with E-state index in [1.54, 1.807) is 0 Å². The zero-order valence-electron chi connectivity index (χ0n) is 24.2. The molecule has 0 aliphatic carbocycles. The molecule has 0 saturated carbocycles. The molecule has 3 aliphatic heterocycles. The van der Waals surface area contributed by atoms with Gasteiger partial charge in [0.25, 0.3) is 0 Å². The van der Waals surface area contributed by atoms with Crippen LogP contribution in [0.25, 0.3) is 0 Å². The number of hydrogen-bond acceptors (Lipinski definition) is 21. The van der Waals surface area contributed by atoms with Crippen molar-refractivity contribution in [3.8, 4) is 0 Å². The van der Waals surface area contributed by atoms with Crippen LogP contribution in [-0.2, 0) is 28.4 Å². The third-order valence-electron chi connectivity index (χ3n) is 8.16. The van der Waals surface area contributed by atoms with Crippen LogP contribution in [0, 0.1) is 0 Å². The maximum Gasteiger partial charge on any atom is 0.176 e. The van der Waals surface area contributed by atoms with Crippen LogP contribution in [0.15, 0.2) is 0 Å². The molecule has 19 N–H and O–H groups in total. The molecule has 21 heteroatoms. The first kappa shape index (κ1) is 38.6. The van der Waals surface area contributed by atoms with Crippen LogP contribution in [-0.4, -0.2) is 205 Å². The summed E-state index contributed by atoms with van der Waals surface area (Å²) in [5.74, 6) is 0. The molecule has 0 radical (unpaired) electrons. The van der Waals surface area contributed by atoms with Crippen LogP contribution in [0.2, 0.25) is 0 Å². The van der Waals surface area contributed by atoms with E-state index in [9.17, 15) is 56.2 Å². The molecule has 0 unspecified atom stereocenters. The lowest BCUT2D eigenvalue weighted by Gasteiger charge is -2.49. The highest BCUT2D eigenvalue weighted by Crippen LogP contribution is 2.32. The molecule has 3 aliphatic rings. The summed E-state index contributed by atoms with van der Waals surface area (Å²) in [6, 6.07) is -5.57. The van der Waals surface area contributed by atoms with Gasteiger partial charge in [-0.1, -0.05) is 0 Å². The van der Waals surface area contributed by atoms with Crippen molar-refractivity contribution in [1.82, 2.24) is 0 Å². The lowest BCUT2D eigenvalue weighted by Crippen LogP contribution is -2.69. The van der Waals surface area contributed by atoms with Crippen LogP contribution in [0.1, 0.15) is 0 Å². The smallest absolute Gasteiger partial charge is 0.176 e. The van der Waals surface area contributed by atoms with Gasteiger partial charge in [-0.2, -0.15) is 0 Å². The van der Waals surface area contributed by atoms with Gasteiger partial charge in [-0.25, -0.2) is 0 Å². The predicted octanol–water partition coefficient (Wildman–Crippen LogP) is -10.2. The second-order valence-electron chi connectivity index (χ2n) is 11.3. The van der Waals surface area contributed by atoms with Crippen molar-refractivity contribution in [1.29, 1.82) is 0 Å². The SMILES string of the molecule is N[C@H]1[C@H](O[C@H]2[C@H](O)[C@@H](N)[C@H](O[C@H]3[C@H](O)[C@@H](N)[C@H](O[C@@H]([C@H](O)[C@@H](N)CO)[C@H](O)CO)O[C@@H]3CO)O[C@@H]2CO)O[C@H](CO)[C@@H](O)[C@@H]1O. The molecule has 0 aromatic carbocycles. The number of rotatable bonds is 14. The number of aliphatic hydroxyl groups is 11. The van der Waals surface area contributed by atoms with Gasteiger partial charge < -0.3 is 108 Å². The van der Waals surface area contributed by atoms with Crippen molar-refractivity contribution >= 4 is 0 Å². The summed E-state index contributed by atoms with van der Waals surface area (Å²) in [6.07, 6.45) is -23.2. The first-order valence-electron chi connectivity index (χ1n) is 14.3. The number of nitrogens with two attached hydrogens (primary N) is 4. The van der Waals surface area contributed by atoms with E-state index in [-0.39, 0.29) is 0 Å². The summed E-state index contributed by atoms with van der Waals surface area (Å²) in [5.41, 5.74) is 23.8. The van der Waals surface area contributed by atoms with E-state index in [1.807, 2.05) is 0 Å². The number of ether oxygens (including phenoxy) is 6. The second kappa shape index (κ2) is 17.0. The Bertz CT molecular complexity index is 882. The maximum atomic E-state index is 11.0. The minimum Gasteiger partial charge on any atom is -0.395 e. The normalized spacial score (nSPS) is 45.5. The van der Waals surface area contributed by atoms with E-state index in [2.05, 4.69) is 0 Å².